The normalized spacial score (nSPS) is 18.0. The highest BCUT2D eigenvalue weighted by atomic mass is 35.5. The van der Waals surface area contributed by atoms with Crippen LogP contribution in [0, 0.1) is 0 Å². The summed E-state index contributed by atoms with van der Waals surface area (Å²) in [5.74, 6) is 0.619. The molecule has 1 aliphatic heterocycles. The summed E-state index contributed by atoms with van der Waals surface area (Å²) in [6.07, 6.45) is 2.41. The van der Waals surface area contributed by atoms with Crippen molar-refractivity contribution < 1.29 is 13.5 Å². The maximum atomic E-state index is 10.6. The van der Waals surface area contributed by atoms with E-state index in [-0.39, 0.29) is 0 Å². The number of nitrogens with two attached hydrogens (primary N) is 1. The quantitative estimate of drug-likeness (QED) is 0.637. The van der Waals surface area contributed by atoms with E-state index in [1.807, 2.05) is 24.3 Å². The number of rotatable bonds is 3. The number of anilines is 2. The van der Waals surface area contributed by atoms with Gasteiger partial charge in [0.2, 0.25) is 0 Å². The van der Waals surface area contributed by atoms with Crippen LogP contribution in [0.4, 0.5) is 11.4 Å². The van der Waals surface area contributed by atoms with Crippen molar-refractivity contribution in [3.8, 4) is 0 Å². The summed E-state index contributed by atoms with van der Waals surface area (Å²) in [4.78, 5) is 2.57. The molecule has 0 spiro atoms. The van der Waals surface area contributed by atoms with Gasteiger partial charge in [0.1, 0.15) is 0 Å². The lowest BCUT2D eigenvalue weighted by Gasteiger charge is -2.30. The molecule has 7 heteroatoms. The molecule has 2 aromatic carbocycles. The lowest BCUT2D eigenvalue weighted by atomic mass is 10.1. The van der Waals surface area contributed by atoms with E-state index >= 15 is 0 Å². The highest BCUT2D eigenvalue weighted by Gasteiger charge is 2.23. The van der Waals surface area contributed by atoms with Gasteiger partial charge >= 0.3 is 0 Å². The van der Waals surface area contributed by atoms with Gasteiger partial charge in [0.05, 0.1) is 29.6 Å². The lowest BCUT2D eigenvalue weighted by Crippen LogP contribution is -2.36. The van der Waals surface area contributed by atoms with Crippen LogP contribution in [0.1, 0.15) is 24.3 Å². The second-order valence-electron chi connectivity index (χ2n) is 6.36. The highest BCUT2D eigenvalue weighted by molar-refractivity contribution is 7.79. The van der Waals surface area contributed by atoms with Crippen LogP contribution in [0.2, 0.25) is 5.02 Å². The fourth-order valence-electron chi connectivity index (χ4n) is 2.94. The third-order valence-electron chi connectivity index (χ3n) is 4.44. The fourth-order valence-corrected chi connectivity index (χ4v) is 3.66. The zero-order valence-electron chi connectivity index (χ0n) is 14.4. The van der Waals surface area contributed by atoms with Crippen molar-refractivity contribution in [2.24, 2.45) is 0 Å². The molecule has 2 N–H and O–H groups in total. The standard InChI is InChI=1S/C10H13ClN2O.C9H10O2S/c11-8-2-1-3-9(12)10(8)13-4-6-14-7-5-13;10-12(11)9-3-1-2-8(6-9)7-4-5-7/h1-3H,4-7,12H2;1-3,6-7H,4-5H2,(H,10,11)/p-1. The molecule has 2 aromatic rings. The molecule has 2 aliphatic rings. The molecule has 4 rings (SSSR count). The molecule has 1 saturated heterocycles. The Morgan fingerprint density at radius 2 is 1.85 bits per heavy atom. The molecular weight excluding hydrogens is 372 g/mol. The maximum Gasteiger partial charge on any atom is 0.0790 e. The lowest BCUT2D eigenvalue weighted by molar-refractivity contribution is 0.123. The highest BCUT2D eigenvalue weighted by Crippen LogP contribution is 2.40. The van der Waals surface area contributed by atoms with Crippen LogP contribution in [0.25, 0.3) is 0 Å². The van der Waals surface area contributed by atoms with E-state index < -0.39 is 11.1 Å². The second kappa shape index (κ2) is 8.86. The molecule has 0 aromatic heterocycles. The Hall–Kier alpha value is -1.60. The van der Waals surface area contributed by atoms with Gasteiger partial charge in [0, 0.05) is 18.0 Å². The number of para-hydroxylation sites is 1. The Balaban J connectivity index is 0.000000152. The van der Waals surface area contributed by atoms with Crippen molar-refractivity contribution in [1.29, 1.82) is 0 Å². The summed E-state index contributed by atoms with van der Waals surface area (Å²) in [5.41, 5.74) is 8.73. The summed E-state index contributed by atoms with van der Waals surface area (Å²) < 4.78 is 26.5. The van der Waals surface area contributed by atoms with Gasteiger partial charge in [-0.15, -0.1) is 0 Å². The van der Waals surface area contributed by atoms with Gasteiger partial charge in [0.25, 0.3) is 0 Å². The van der Waals surface area contributed by atoms with E-state index in [2.05, 4.69) is 4.90 Å². The van der Waals surface area contributed by atoms with Gasteiger partial charge < -0.3 is 19.9 Å². The Morgan fingerprint density at radius 1 is 1.15 bits per heavy atom. The number of hydrogen-bond donors (Lipinski definition) is 1. The fraction of sp³-hybridized carbons (Fsp3) is 0.368. The van der Waals surface area contributed by atoms with E-state index in [1.54, 1.807) is 18.2 Å². The summed E-state index contributed by atoms with van der Waals surface area (Å²) in [7, 11) is 0. The van der Waals surface area contributed by atoms with Gasteiger partial charge in [-0.1, -0.05) is 29.8 Å². The SMILES string of the molecule is Nc1cccc(Cl)c1N1CCOCC1.O=S([O-])c1cccc(C2CC2)c1. The van der Waals surface area contributed by atoms with Crippen molar-refractivity contribution >= 4 is 34.1 Å². The topological polar surface area (TPSA) is 78.6 Å². The first-order chi connectivity index (χ1) is 12.6. The zero-order valence-corrected chi connectivity index (χ0v) is 16.0. The van der Waals surface area contributed by atoms with Crippen LogP contribution in [-0.4, -0.2) is 35.1 Å². The molecular formula is C19H22ClN2O3S-. The van der Waals surface area contributed by atoms with E-state index in [9.17, 15) is 8.76 Å². The first-order valence-corrected chi connectivity index (χ1v) is 10.1. The molecule has 1 aliphatic carbocycles. The van der Waals surface area contributed by atoms with E-state index in [1.165, 1.54) is 12.8 Å². The molecule has 1 heterocycles. The molecule has 0 radical (unpaired) electrons. The molecule has 1 unspecified atom stereocenters. The molecule has 26 heavy (non-hydrogen) atoms. The number of nitrogen functional groups attached to an aromatic ring is 1. The Labute approximate surface area is 161 Å². The first-order valence-electron chi connectivity index (χ1n) is 8.62. The van der Waals surface area contributed by atoms with Gasteiger partial charge in [-0.05, 0) is 59.7 Å². The Morgan fingerprint density at radius 3 is 2.46 bits per heavy atom. The average Bonchev–Trinajstić information content (AvgIpc) is 3.48. The maximum absolute atomic E-state index is 10.6. The molecule has 140 valence electrons. The smallest absolute Gasteiger partial charge is 0.0790 e. The average molecular weight is 394 g/mol. The second-order valence-corrected chi connectivity index (χ2v) is 7.71. The first kappa shape index (κ1) is 19.2. The summed E-state index contributed by atoms with van der Waals surface area (Å²) in [5, 5.41) is 0.715. The molecule has 1 atom stereocenters. The van der Waals surface area contributed by atoms with Crippen LogP contribution < -0.4 is 10.6 Å². The van der Waals surface area contributed by atoms with E-state index in [4.69, 9.17) is 22.1 Å². The molecule has 1 saturated carbocycles. The summed E-state index contributed by atoms with van der Waals surface area (Å²) >= 11 is 4.02. The monoisotopic (exact) mass is 393 g/mol. The van der Waals surface area contributed by atoms with Crippen LogP contribution in [0.15, 0.2) is 47.4 Å². The predicted octanol–water partition coefficient (Wildman–Crippen LogP) is 3.56. The molecule has 0 bridgehead atoms. The van der Waals surface area contributed by atoms with Crippen LogP contribution in [-0.2, 0) is 15.8 Å². The minimum absolute atomic E-state index is 0.402. The Kier molecular flexibility index (Phi) is 6.53. The summed E-state index contributed by atoms with van der Waals surface area (Å²) in [6, 6.07) is 12.8. The van der Waals surface area contributed by atoms with Gasteiger partial charge in [-0.2, -0.15) is 0 Å². The summed E-state index contributed by atoms with van der Waals surface area (Å²) in [6.45, 7) is 3.19. The number of benzene rings is 2. The molecule has 5 nitrogen and oxygen atoms in total. The number of morpholine rings is 1. The van der Waals surface area contributed by atoms with E-state index in [0.29, 0.717) is 15.8 Å². The van der Waals surface area contributed by atoms with Gasteiger partial charge in [-0.25, -0.2) is 0 Å². The van der Waals surface area contributed by atoms with Crippen molar-refractivity contribution in [3.63, 3.8) is 0 Å². The third-order valence-corrected chi connectivity index (χ3v) is 5.39. The number of ether oxygens (including phenoxy) is 1. The van der Waals surface area contributed by atoms with Crippen molar-refractivity contribution in [3.05, 3.63) is 53.1 Å². The van der Waals surface area contributed by atoms with Crippen LogP contribution >= 0.6 is 11.6 Å². The number of hydrogen-bond acceptors (Lipinski definition) is 5. The van der Waals surface area contributed by atoms with Gasteiger partial charge in [0.15, 0.2) is 0 Å². The van der Waals surface area contributed by atoms with Crippen molar-refractivity contribution in [2.75, 3.05) is 36.9 Å². The number of halogens is 1. The van der Waals surface area contributed by atoms with Crippen molar-refractivity contribution in [2.45, 2.75) is 23.7 Å². The zero-order chi connectivity index (χ0) is 18.5. The van der Waals surface area contributed by atoms with Crippen molar-refractivity contribution in [1.82, 2.24) is 0 Å². The minimum Gasteiger partial charge on any atom is -0.768 e. The molecule has 2 fully saturated rings. The van der Waals surface area contributed by atoms with Gasteiger partial charge in [-0.3, -0.25) is 4.21 Å². The molecule has 0 amide bonds. The van der Waals surface area contributed by atoms with E-state index in [0.717, 1.165) is 43.2 Å². The largest absolute Gasteiger partial charge is 0.768 e. The minimum atomic E-state index is -2.08. The number of nitrogens with zero attached hydrogens (tertiary/aromatic N) is 1. The predicted molar refractivity (Wildman–Crippen MR) is 104 cm³/mol. The Bertz CT molecular complexity index is 757. The van der Waals surface area contributed by atoms with Crippen LogP contribution in [0.3, 0.4) is 0 Å². The van der Waals surface area contributed by atoms with Crippen LogP contribution in [0.5, 0.6) is 0 Å². The third kappa shape index (κ3) is 4.98.